The summed E-state index contributed by atoms with van der Waals surface area (Å²) in [5, 5.41) is 0. The van der Waals surface area contributed by atoms with Gasteiger partial charge in [-0.15, -0.1) is 0 Å². The van der Waals surface area contributed by atoms with Crippen molar-refractivity contribution in [1.29, 1.82) is 0 Å². The van der Waals surface area contributed by atoms with Crippen LogP contribution in [0.2, 0.25) is 0 Å². The highest BCUT2D eigenvalue weighted by Crippen LogP contribution is 2.42. The van der Waals surface area contributed by atoms with Crippen molar-refractivity contribution in [3.05, 3.63) is 108 Å². The third-order valence-corrected chi connectivity index (χ3v) is 10.8. The molecule has 1 atom stereocenters. The van der Waals surface area contributed by atoms with Crippen molar-refractivity contribution in [2.75, 3.05) is 47.5 Å². The van der Waals surface area contributed by atoms with E-state index in [4.69, 9.17) is 23.6 Å². The summed E-state index contributed by atoms with van der Waals surface area (Å²) in [4.78, 5) is 37.5. The zero-order chi connectivity index (χ0) is 36.2. The van der Waals surface area contributed by atoms with Crippen LogP contribution in [-0.4, -0.2) is 78.5 Å². The quantitative estimate of drug-likeness (QED) is 0.116. The van der Waals surface area contributed by atoms with Gasteiger partial charge in [0.2, 0.25) is 17.4 Å². The largest absolute Gasteiger partial charge is 0.493 e. The van der Waals surface area contributed by atoms with E-state index in [-0.39, 0.29) is 23.4 Å². The lowest BCUT2D eigenvalue weighted by Gasteiger charge is -2.35. The van der Waals surface area contributed by atoms with Crippen molar-refractivity contribution in [1.82, 2.24) is 19.4 Å². The van der Waals surface area contributed by atoms with Crippen molar-refractivity contribution in [3.63, 3.8) is 0 Å². The van der Waals surface area contributed by atoms with E-state index in [2.05, 4.69) is 4.90 Å². The third-order valence-electron chi connectivity index (χ3n) is 10.8. The average Bonchev–Trinajstić information content (AvgIpc) is 3.90. The Kier molecular flexibility index (Phi) is 10.3. The lowest BCUT2D eigenvalue weighted by Crippen LogP contribution is -2.42. The van der Waals surface area contributed by atoms with E-state index in [1.807, 2.05) is 58.0 Å². The minimum absolute atomic E-state index is 0.0589. The smallest absolute Gasteiger partial charge is 0.229 e. The number of benzene rings is 3. The number of furan rings is 1. The second-order valence-electron chi connectivity index (χ2n) is 13.9. The molecule has 7 rings (SSSR count). The Labute approximate surface area is 303 Å². The second-order valence-corrected chi connectivity index (χ2v) is 13.9. The Hall–Kier alpha value is -5.16. The Morgan fingerprint density at radius 1 is 0.904 bits per heavy atom. The van der Waals surface area contributed by atoms with Gasteiger partial charge in [-0.3, -0.25) is 9.59 Å². The number of carbonyl (C=O) groups is 2. The van der Waals surface area contributed by atoms with Gasteiger partial charge in [-0.2, -0.15) is 0 Å². The monoisotopic (exact) mass is 708 g/mol. The highest BCUT2D eigenvalue weighted by Gasteiger charge is 2.46. The van der Waals surface area contributed by atoms with Crippen LogP contribution in [-0.2, 0) is 24.3 Å². The number of para-hydroxylation sites is 2. The summed E-state index contributed by atoms with van der Waals surface area (Å²) in [5.41, 5.74) is 2.88. The van der Waals surface area contributed by atoms with Crippen LogP contribution in [0.4, 0.5) is 4.39 Å². The lowest BCUT2D eigenvalue weighted by molar-refractivity contribution is -0.137. The Bertz CT molecular complexity index is 1990. The molecule has 2 aliphatic rings. The molecule has 10 nitrogen and oxygen atoms in total. The summed E-state index contributed by atoms with van der Waals surface area (Å²) in [6.45, 7) is 3.68. The number of likely N-dealkylation sites (tertiary alicyclic amines) is 2. The second kappa shape index (κ2) is 15.2. The van der Waals surface area contributed by atoms with E-state index < -0.39 is 5.41 Å². The van der Waals surface area contributed by atoms with Crippen molar-refractivity contribution in [3.8, 4) is 17.2 Å². The number of hydrogen-bond donors (Lipinski definition) is 0. The van der Waals surface area contributed by atoms with Crippen LogP contribution in [0.5, 0.6) is 17.2 Å². The predicted octanol–water partition coefficient (Wildman–Crippen LogP) is 6.79. The van der Waals surface area contributed by atoms with Crippen LogP contribution in [0.15, 0.2) is 83.5 Å². The molecule has 0 aliphatic carbocycles. The Balaban J connectivity index is 1.04. The van der Waals surface area contributed by atoms with Gasteiger partial charge in [0.15, 0.2) is 17.3 Å². The van der Waals surface area contributed by atoms with Crippen LogP contribution in [0, 0.1) is 17.2 Å². The molecular formula is C41H45FN4O6. The number of nitrogens with zero attached hydrogens (tertiary/aromatic N) is 4. The van der Waals surface area contributed by atoms with Gasteiger partial charge in [0.25, 0.3) is 0 Å². The fourth-order valence-electron chi connectivity index (χ4n) is 7.92. The minimum Gasteiger partial charge on any atom is -0.493 e. The number of hydrogen-bond acceptors (Lipinski definition) is 8. The molecule has 4 heterocycles. The first-order valence-electron chi connectivity index (χ1n) is 17.9. The Morgan fingerprint density at radius 2 is 1.63 bits per heavy atom. The number of halogens is 1. The van der Waals surface area contributed by atoms with Crippen LogP contribution in [0.1, 0.15) is 53.2 Å². The number of imidazole rings is 1. The molecule has 1 amide bonds. The molecule has 0 radical (unpaired) electrons. The molecule has 11 heteroatoms. The number of Topliss-reactive ketones (excluding diaryl/α,β-unsaturated/α-hetero) is 1. The van der Waals surface area contributed by atoms with E-state index in [0.29, 0.717) is 62.0 Å². The number of ether oxygens (including phenoxy) is 3. The van der Waals surface area contributed by atoms with E-state index in [1.165, 1.54) is 12.1 Å². The van der Waals surface area contributed by atoms with Crippen molar-refractivity contribution in [2.24, 2.45) is 11.3 Å². The summed E-state index contributed by atoms with van der Waals surface area (Å²) in [7, 11) is 4.72. The van der Waals surface area contributed by atoms with E-state index in [1.54, 1.807) is 39.7 Å². The first kappa shape index (κ1) is 35.3. The predicted molar refractivity (Wildman–Crippen MR) is 194 cm³/mol. The molecule has 0 bridgehead atoms. The molecule has 5 aromatic rings. The first-order valence-corrected chi connectivity index (χ1v) is 17.9. The molecule has 2 aromatic heterocycles. The van der Waals surface area contributed by atoms with Crippen LogP contribution in [0.25, 0.3) is 11.0 Å². The molecule has 2 saturated heterocycles. The number of carbonyl (C=O) groups excluding carboxylic acids is 2. The number of ketones is 1. The summed E-state index contributed by atoms with van der Waals surface area (Å²) >= 11 is 0. The van der Waals surface area contributed by atoms with Gasteiger partial charge in [0.1, 0.15) is 11.6 Å². The van der Waals surface area contributed by atoms with Crippen LogP contribution >= 0.6 is 0 Å². The molecule has 272 valence electrons. The average molecular weight is 709 g/mol. The first-order chi connectivity index (χ1) is 25.3. The van der Waals surface area contributed by atoms with Gasteiger partial charge < -0.3 is 33.0 Å². The van der Waals surface area contributed by atoms with Gasteiger partial charge >= 0.3 is 0 Å². The number of amides is 1. The minimum atomic E-state index is -0.637. The van der Waals surface area contributed by atoms with Crippen molar-refractivity contribution < 1.29 is 32.6 Å². The fourth-order valence-corrected chi connectivity index (χ4v) is 7.92. The van der Waals surface area contributed by atoms with E-state index in [9.17, 15) is 14.0 Å². The van der Waals surface area contributed by atoms with Gasteiger partial charge in [-0.1, -0.05) is 24.3 Å². The molecule has 0 N–H and O–H groups in total. The van der Waals surface area contributed by atoms with E-state index >= 15 is 0 Å². The van der Waals surface area contributed by atoms with Crippen molar-refractivity contribution >= 4 is 22.7 Å². The maximum Gasteiger partial charge on any atom is 0.229 e. The molecule has 3 aromatic carbocycles. The lowest BCUT2D eigenvalue weighted by atomic mass is 9.77. The van der Waals surface area contributed by atoms with Crippen molar-refractivity contribution in [2.45, 2.75) is 45.2 Å². The topological polar surface area (TPSA) is 99.3 Å². The van der Waals surface area contributed by atoms with Crippen LogP contribution < -0.4 is 14.2 Å². The molecule has 2 aliphatic heterocycles. The number of methoxy groups -OCH3 is 3. The molecule has 0 spiro atoms. The molecule has 52 heavy (non-hydrogen) atoms. The summed E-state index contributed by atoms with van der Waals surface area (Å²) in [5.74, 6) is 2.53. The molecule has 0 saturated carbocycles. The number of rotatable bonds is 14. The van der Waals surface area contributed by atoms with Crippen LogP contribution in [0.3, 0.4) is 0 Å². The van der Waals surface area contributed by atoms with Gasteiger partial charge in [0.05, 0.1) is 50.6 Å². The highest BCUT2D eigenvalue weighted by molar-refractivity contribution is 5.98. The maximum atomic E-state index is 14.4. The standard InChI is InChI=1S/C41H45FN4O6/c1-49-35-23-29(24-36(50-2)38(35)51-3)26-45-21-17-41(40(45)48,25-28-10-12-31(42)13-11-28)16-20-44-18-14-30(15-19-44)37(47)39-43-33-8-4-5-9-34(33)46(39)27-32-7-6-22-52-32/h4-13,22-24,30H,14-21,25-27H2,1-3H3. The zero-order valence-corrected chi connectivity index (χ0v) is 30.0. The summed E-state index contributed by atoms with van der Waals surface area (Å²) < 4.78 is 38.1. The Morgan fingerprint density at radius 3 is 2.31 bits per heavy atom. The third kappa shape index (κ3) is 7.14. The number of piperidine rings is 1. The van der Waals surface area contributed by atoms with Gasteiger partial charge in [-0.05, 0) is 111 Å². The van der Waals surface area contributed by atoms with E-state index in [0.717, 1.165) is 60.4 Å². The number of aromatic nitrogens is 2. The number of fused-ring (bicyclic) bond motifs is 1. The molecule has 2 fully saturated rings. The summed E-state index contributed by atoms with van der Waals surface area (Å²) in [6.07, 6.45) is 4.95. The fraction of sp³-hybridized carbons (Fsp3) is 0.390. The zero-order valence-electron chi connectivity index (χ0n) is 30.0. The van der Waals surface area contributed by atoms with Gasteiger partial charge in [0, 0.05) is 19.0 Å². The molecular weight excluding hydrogens is 663 g/mol. The molecule has 1 unspecified atom stereocenters. The highest BCUT2D eigenvalue weighted by atomic mass is 19.1. The van der Waals surface area contributed by atoms with Gasteiger partial charge in [-0.25, -0.2) is 9.37 Å². The summed E-state index contributed by atoms with van der Waals surface area (Å²) in [6, 6.07) is 21.8. The normalized spacial score (nSPS) is 18.3. The maximum absolute atomic E-state index is 14.4. The SMILES string of the molecule is COc1cc(CN2CCC(CCN3CCC(C(=O)c4nc5ccccc5n4Cc4ccco4)CC3)(Cc3ccc(F)cc3)C2=O)cc(OC)c1OC.